The van der Waals surface area contributed by atoms with Gasteiger partial charge in [-0.2, -0.15) is 0 Å². The molecule has 2 aromatic rings. The third-order valence-corrected chi connectivity index (χ3v) is 5.17. The number of aryl methyl sites for hydroxylation is 1. The Bertz CT molecular complexity index is 939. The maximum Gasteiger partial charge on any atom is 0.338 e. The number of benzene rings is 2. The van der Waals surface area contributed by atoms with Crippen LogP contribution in [0.5, 0.6) is 0 Å². The van der Waals surface area contributed by atoms with Gasteiger partial charge in [0.05, 0.1) is 17.9 Å². The van der Waals surface area contributed by atoms with Gasteiger partial charge in [-0.3, -0.25) is 9.59 Å². The number of aliphatic imine (C=N–C) groups is 1. The molecule has 0 radical (unpaired) electrons. The van der Waals surface area contributed by atoms with Crippen LogP contribution in [0.15, 0.2) is 53.5 Å². The summed E-state index contributed by atoms with van der Waals surface area (Å²) in [4.78, 5) is 40.8. The number of carbonyl (C=O) groups is 3. The molecule has 2 N–H and O–H groups in total. The largest absolute Gasteiger partial charge is 0.462 e. The van der Waals surface area contributed by atoms with Crippen LogP contribution in [0.1, 0.15) is 29.3 Å². The highest BCUT2D eigenvalue weighted by molar-refractivity contribution is 8.15. The topological polar surface area (TPSA) is 96.9 Å². The number of hydrogen-bond acceptors (Lipinski definition) is 6. The van der Waals surface area contributed by atoms with E-state index < -0.39 is 11.2 Å². The van der Waals surface area contributed by atoms with Crippen LogP contribution in [0.4, 0.5) is 11.4 Å². The van der Waals surface area contributed by atoms with Crippen LogP contribution < -0.4 is 10.6 Å². The van der Waals surface area contributed by atoms with E-state index in [4.69, 9.17) is 4.74 Å². The van der Waals surface area contributed by atoms with E-state index in [2.05, 4.69) is 15.6 Å². The lowest BCUT2D eigenvalue weighted by Gasteiger charge is -2.22. The average molecular weight is 411 g/mol. The molecular formula is C21H21N3O4S. The van der Waals surface area contributed by atoms with Crippen molar-refractivity contribution >= 4 is 46.1 Å². The van der Waals surface area contributed by atoms with E-state index >= 15 is 0 Å². The van der Waals surface area contributed by atoms with Gasteiger partial charge < -0.3 is 15.4 Å². The molecule has 0 spiro atoms. The van der Waals surface area contributed by atoms with Crippen LogP contribution in [0.25, 0.3) is 0 Å². The molecule has 0 aliphatic carbocycles. The highest BCUT2D eigenvalue weighted by Gasteiger charge is 2.30. The number of nitrogens with zero attached hydrogens (tertiary/aromatic N) is 1. The molecule has 2 aromatic carbocycles. The molecule has 1 heterocycles. The molecule has 0 aromatic heterocycles. The maximum absolute atomic E-state index is 12.6. The van der Waals surface area contributed by atoms with Gasteiger partial charge in [0, 0.05) is 12.1 Å². The van der Waals surface area contributed by atoms with Crippen molar-refractivity contribution in [1.82, 2.24) is 5.32 Å². The van der Waals surface area contributed by atoms with Crippen molar-refractivity contribution in [2.24, 2.45) is 4.99 Å². The number of carbonyl (C=O) groups excluding carboxylic acids is 3. The molecule has 7 nitrogen and oxygen atoms in total. The van der Waals surface area contributed by atoms with Crippen molar-refractivity contribution in [2.45, 2.75) is 25.5 Å². The molecule has 3 rings (SSSR count). The molecule has 2 amide bonds. The summed E-state index contributed by atoms with van der Waals surface area (Å²) in [7, 11) is 0. The fraction of sp³-hybridized carbons (Fsp3) is 0.238. The van der Waals surface area contributed by atoms with Gasteiger partial charge in [0.25, 0.3) is 0 Å². The summed E-state index contributed by atoms with van der Waals surface area (Å²) in [6.45, 7) is 4.01. The predicted octanol–water partition coefficient (Wildman–Crippen LogP) is 3.42. The van der Waals surface area contributed by atoms with Crippen molar-refractivity contribution in [3.05, 3.63) is 59.7 Å². The van der Waals surface area contributed by atoms with Crippen LogP contribution in [0, 0.1) is 6.92 Å². The molecule has 8 heteroatoms. The molecule has 0 saturated carbocycles. The smallest absolute Gasteiger partial charge is 0.338 e. The van der Waals surface area contributed by atoms with Gasteiger partial charge in [-0.15, -0.1) is 0 Å². The van der Waals surface area contributed by atoms with Crippen LogP contribution >= 0.6 is 11.8 Å². The standard InChI is InChI=1S/C21H21N3O4S/c1-3-28-20(27)14-6-10-15(11-7-14)22-19(26)17-12-18(25)24-21(29-17)23-16-8-4-13(2)5-9-16/h4-11,17H,3,12H2,1-2H3,(H,22,26)(H,23,24,25)/t17-/m0/s1. The Labute approximate surface area is 172 Å². The van der Waals surface area contributed by atoms with E-state index in [1.54, 1.807) is 31.2 Å². The van der Waals surface area contributed by atoms with E-state index in [1.807, 2.05) is 31.2 Å². The lowest BCUT2D eigenvalue weighted by atomic mass is 10.2. The minimum absolute atomic E-state index is 0.0598. The Balaban J connectivity index is 1.66. The Morgan fingerprint density at radius 2 is 1.86 bits per heavy atom. The highest BCUT2D eigenvalue weighted by atomic mass is 32.2. The number of esters is 1. The predicted molar refractivity (Wildman–Crippen MR) is 113 cm³/mol. The molecule has 0 bridgehead atoms. The zero-order valence-corrected chi connectivity index (χ0v) is 16.9. The first-order chi connectivity index (χ1) is 13.9. The molecule has 29 heavy (non-hydrogen) atoms. The molecular weight excluding hydrogens is 390 g/mol. The van der Waals surface area contributed by atoms with Gasteiger partial charge in [-0.1, -0.05) is 29.5 Å². The van der Waals surface area contributed by atoms with Crippen LogP contribution in [0.2, 0.25) is 0 Å². The van der Waals surface area contributed by atoms with E-state index in [0.717, 1.165) is 5.56 Å². The quantitative estimate of drug-likeness (QED) is 0.735. The van der Waals surface area contributed by atoms with Crippen molar-refractivity contribution in [3.8, 4) is 0 Å². The second-order valence-corrected chi connectivity index (χ2v) is 7.59. The lowest BCUT2D eigenvalue weighted by Crippen LogP contribution is -2.41. The SMILES string of the molecule is CCOC(=O)c1ccc(NC(=O)[C@@H]2CC(=O)NC(=Nc3ccc(C)cc3)S2)cc1. The molecule has 1 aliphatic heterocycles. The third kappa shape index (κ3) is 5.68. The second-order valence-electron chi connectivity index (χ2n) is 6.40. The van der Waals surface area contributed by atoms with E-state index in [9.17, 15) is 14.4 Å². The molecule has 1 saturated heterocycles. The third-order valence-electron chi connectivity index (χ3n) is 4.09. The first-order valence-corrected chi connectivity index (χ1v) is 10.0. The summed E-state index contributed by atoms with van der Waals surface area (Å²) in [5.41, 5.74) is 2.75. The Morgan fingerprint density at radius 3 is 2.52 bits per heavy atom. The van der Waals surface area contributed by atoms with Gasteiger partial charge in [0.2, 0.25) is 11.8 Å². The first-order valence-electron chi connectivity index (χ1n) is 9.14. The van der Waals surface area contributed by atoms with Gasteiger partial charge in [0.1, 0.15) is 5.25 Å². The number of rotatable bonds is 5. The summed E-state index contributed by atoms with van der Waals surface area (Å²) < 4.78 is 4.94. The Kier molecular flexibility index (Phi) is 6.66. The summed E-state index contributed by atoms with van der Waals surface area (Å²) in [5, 5.41) is 5.27. The van der Waals surface area contributed by atoms with Gasteiger partial charge in [-0.25, -0.2) is 9.79 Å². The fourth-order valence-corrected chi connectivity index (χ4v) is 3.61. The second kappa shape index (κ2) is 9.38. The van der Waals surface area contributed by atoms with Gasteiger partial charge in [-0.05, 0) is 50.2 Å². The molecule has 1 fully saturated rings. The molecule has 0 unspecified atom stereocenters. The zero-order chi connectivity index (χ0) is 20.8. The monoisotopic (exact) mass is 411 g/mol. The number of nitrogens with one attached hydrogen (secondary N) is 2. The van der Waals surface area contributed by atoms with Gasteiger partial charge in [0.15, 0.2) is 5.17 Å². The summed E-state index contributed by atoms with van der Waals surface area (Å²) in [6.07, 6.45) is 0.0598. The van der Waals surface area contributed by atoms with Crippen LogP contribution in [-0.4, -0.2) is 34.8 Å². The van der Waals surface area contributed by atoms with Crippen molar-refractivity contribution in [2.75, 3.05) is 11.9 Å². The van der Waals surface area contributed by atoms with Crippen LogP contribution in [-0.2, 0) is 14.3 Å². The lowest BCUT2D eigenvalue weighted by molar-refractivity contribution is -0.123. The van der Waals surface area contributed by atoms with Crippen molar-refractivity contribution < 1.29 is 19.1 Å². The minimum atomic E-state index is -0.599. The summed E-state index contributed by atoms with van der Waals surface area (Å²) in [6, 6.07) is 14.0. The van der Waals surface area contributed by atoms with Crippen molar-refractivity contribution in [1.29, 1.82) is 0 Å². The van der Waals surface area contributed by atoms with Gasteiger partial charge >= 0.3 is 5.97 Å². The minimum Gasteiger partial charge on any atom is -0.462 e. The fourth-order valence-electron chi connectivity index (χ4n) is 2.61. The summed E-state index contributed by atoms with van der Waals surface area (Å²) in [5.74, 6) is -0.973. The number of amides is 2. The number of anilines is 1. The maximum atomic E-state index is 12.6. The zero-order valence-electron chi connectivity index (χ0n) is 16.1. The van der Waals surface area contributed by atoms with E-state index in [-0.39, 0.29) is 18.2 Å². The first kappa shape index (κ1) is 20.6. The Hall–Kier alpha value is -3.13. The highest BCUT2D eigenvalue weighted by Crippen LogP contribution is 2.25. The van der Waals surface area contributed by atoms with E-state index in [0.29, 0.717) is 28.7 Å². The van der Waals surface area contributed by atoms with Crippen molar-refractivity contribution in [3.63, 3.8) is 0 Å². The summed E-state index contributed by atoms with van der Waals surface area (Å²) >= 11 is 1.21. The number of amidine groups is 1. The van der Waals surface area contributed by atoms with E-state index in [1.165, 1.54) is 11.8 Å². The number of hydrogen-bond donors (Lipinski definition) is 2. The average Bonchev–Trinajstić information content (AvgIpc) is 2.70. The molecule has 1 aliphatic rings. The Morgan fingerprint density at radius 1 is 1.17 bits per heavy atom. The number of ether oxygens (including phenoxy) is 1. The number of thioether (sulfide) groups is 1. The van der Waals surface area contributed by atoms with Crippen LogP contribution in [0.3, 0.4) is 0 Å². The molecule has 1 atom stereocenters. The normalized spacial score (nSPS) is 17.5. The molecule has 150 valence electrons.